The lowest BCUT2D eigenvalue weighted by molar-refractivity contribution is 0.126. The van der Waals surface area contributed by atoms with Crippen molar-refractivity contribution in [2.75, 3.05) is 4.72 Å². The van der Waals surface area contributed by atoms with E-state index in [0.29, 0.717) is 5.75 Å². The van der Waals surface area contributed by atoms with Crippen molar-refractivity contribution in [2.45, 2.75) is 42.6 Å². The number of ether oxygens (including phenoxy) is 1. The van der Waals surface area contributed by atoms with Crippen molar-refractivity contribution in [3.8, 4) is 11.8 Å². The van der Waals surface area contributed by atoms with Gasteiger partial charge in [0.15, 0.2) is 0 Å². The highest BCUT2D eigenvalue weighted by Crippen LogP contribution is 2.36. The molecule has 10 heteroatoms. The number of nitriles is 1. The Labute approximate surface area is 180 Å². The first-order chi connectivity index (χ1) is 15.0. The minimum absolute atomic E-state index is 0.0400. The standard InChI is InChI=1S/C21H22N6O3S/c1-27-18(8-11-25-27)17-4-2-3-5-20(17)30-19-7-6-16(12-15(19)13-22)31(28,29)26-21-9-10-23-14-24-21/h6-12,14,17,20H,2-5H2,1H3,(H,23,24,26)/t17-,20+/m1/s1. The van der Waals surface area contributed by atoms with E-state index >= 15 is 0 Å². The number of rotatable bonds is 6. The smallest absolute Gasteiger partial charge is 0.263 e. The Morgan fingerprint density at radius 3 is 2.74 bits per heavy atom. The Morgan fingerprint density at radius 1 is 1.19 bits per heavy atom. The molecule has 1 N–H and O–H groups in total. The second kappa shape index (κ2) is 8.73. The average molecular weight is 439 g/mol. The first kappa shape index (κ1) is 20.8. The normalized spacial score (nSPS) is 18.8. The molecule has 0 unspecified atom stereocenters. The number of hydrogen-bond acceptors (Lipinski definition) is 7. The summed E-state index contributed by atoms with van der Waals surface area (Å²) in [6.07, 6.45) is 8.31. The van der Waals surface area contributed by atoms with Crippen molar-refractivity contribution in [3.63, 3.8) is 0 Å². The lowest BCUT2D eigenvalue weighted by atomic mass is 9.84. The summed E-state index contributed by atoms with van der Waals surface area (Å²) in [4.78, 5) is 7.59. The van der Waals surface area contributed by atoms with E-state index in [1.165, 1.54) is 30.7 Å². The van der Waals surface area contributed by atoms with Crippen LogP contribution in [0.25, 0.3) is 0 Å². The quantitative estimate of drug-likeness (QED) is 0.627. The number of nitrogens with zero attached hydrogens (tertiary/aromatic N) is 5. The van der Waals surface area contributed by atoms with Gasteiger partial charge in [-0.3, -0.25) is 9.40 Å². The van der Waals surface area contributed by atoms with Crippen molar-refractivity contribution in [1.29, 1.82) is 5.26 Å². The maximum absolute atomic E-state index is 12.7. The molecule has 2 heterocycles. The monoisotopic (exact) mass is 438 g/mol. The maximum Gasteiger partial charge on any atom is 0.263 e. The molecule has 3 aromatic rings. The molecule has 1 fully saturated rings. The van der Waals surface area contributed by atoms with Gasteiger partial charge in [0, 0.05) is 31.1 Å². The topological polar surface area (TPSA) is 123 Å². The first-order valence-electron chi connectivity index (χ1n) is 9.95. The predicted molar refractivity (Wildman–Crippen MR) is 113 cm³/mol. The summed E-state index contributed by atoms with van der Waals surface area (Å²) in [5.74, 6) is 0.688. The lowest BCUT2D eigenvalue weighted by Gasteiger charge is -2.32. The van der Waals surface area contributed by atoms with Crippen molar-refractivity contribution in [2.24, 2.45) is 7.05 Å². The number of aromatic nitrogens is 4. The fourth-order valence-electron chi connectivity index (χ4n) is 3.90. The van der Waals surface area contributed by atoms with E-state index in [9.17, 15) is 13.7 Å². The molecule has 4 rings (SSSR count). The zero-order chi connectivity index (χ0) is 21.8. The van der Waals surface area contributed by atoms with Crippen molar-refractivity contribution >= 4 is 15.8 Å². The van der Waals surface area contributed by atoms with E-state index in [1.54, 1.807) is 12.3 Å². The summed E-state index contributed by atoms with van der Waals surface area (Å²) >= 11 is 0. The van der Waals surface area contributed by atoms with E-state index in [4.69, 9.17) is 4.74 Å². The van der Waals surface area contributed by atoms with Crippen LogP contribution >= 0.6 is 0 Å². The number of anilines is 1. The molecule has 0 radical (unpaired) electrons. The van der Waals surface area contributed by atoms with Crippen LogP contribution < -0.4 is 9.46 Å². The summed E-state index contributed by atoms with van der Waals surface area (Å²) in [5.41, 5.74) is 1.26. The average Bonchev–Trinajstić information content (AvgIpc) is 3.20. The zero-order valence-corrected chi connectivity index (χ0v) is 17.8. The van der Waals surface area contributed by atoms with Gasteiger partial charge in [0.2, 0.25) is 0 Å². The highest BCUT2D eigenvalue weighted by Gasteiger charge is 2.31. The Bertz CT molecular complexity index is 1200. The van der Waals surface area contributed by atoms with Gasteiger partial charge in [-0.05, 0) is 49.6 Å². The Kier molecular flexibility index (Phi) is 5.86. The number of nitrogens with one attached hydrogen (secondary N) is 1. The summed E-state index contributed by atoms with van der Waals surface area (Å²) < 4.78 is 35.9. The van der Waals surface area contributed by atoms with E-state index in [0.717, 1.165) is 31.4 Å². The molecule has 160 valence electrons. The zero-order valence-electron chi connectivity index (χ0n) is 17.0. The van der Waals surface area contributed by atoms with Crippen LogP contribution in [0, 0.1) is 11.3 Å². The Hall–Kier alpha value is -3.45. The third-order valence-electron chi connectivity index (χ3n) is 5.42. The lowest BCUT2D eigenvalue weighted by Crippen LogP contribution is -2.30. The van der Waals surface area contributed by atoms with Crippen molar-refractivity contribution in [1.82, 2.24) is 19.7 Å². The summed E-state index contributed by atoms with van der Waals surface area (Å²) in [6, 6.07) is 9.80. The number of aryl methyl sites for hydroxylation is 1. The number of sulfonamides is 1. The van der Waals surface area contributed by atoms with Gasteiger partial charge >= 0.3 is 0 Å². The third kappa shape index (κ3) is 4.51. The van der Waals surface area contributed by atoms with Crippen molar-refractivity contribution in [3.05, 3.63) is 60.3 Å². The van der Waals surface area contributed by atoms with Crippen LogP contribution in [-0.2, 0) is 17.1 Å². The molecule has 1 aromatic carbocycles. The molecule has 2 aromatic heterocycles. The van der Waals surface area contributed by atoms with E-state index in [-0.39, 0.29) is 28.3 Å². The Morgan fingerprint density at radius 2 is 2.03 bits per heavy atom. The molecule has 0 amide bonds. The van der Waals surface area contributed by atoms with Crippen LogP contribution in [0.2, 0.25) is 0 Å². The second-order valence-corrected chi connectivity index (χ2v) is 9.08. The number of hydrogen-bond donors (Lipinski definition) is 1. The molecule has 1 aliphatic carbocycles. The molecule has 9 nitrogen and oxygen atoms in total. The minimum Gasteiger partial charge on any atom is -0.488 e. The summed E-state index contributed by atoms with van der Waals surface area (Å²) in [5, 5.41) is 13.9. The van der Waals surface area contributed by atoms with E-state index < -0.39 is 10.0 Å². The highest BCUT2D eigenvalue weighted by atomic mass is 32.2. The molecule has 2 atom stereocenters. The van der Waals surface area contributed by atoms with Gasteiger partial charge in [-0.25, -0.2) is 18.4 Å². The Balaban J connectivity index is 1.58. The highest BCUT2D eigenvalue weighted by molar-refractivity contribution is 7.92. The SMILES string of the molecule is Cn1nccc1[C@H]1CCCC[C@@H]1Oc1ccc(S(=O)(=O)Nc2ccncn2)cc1C#N. The molecular weight excluding hydrogens is 416 g/mol. The van der Waals surface area contributed by atoms with Gasteiger partial charge in [0.1, 0.15) is 30.1 Å². The second-order valence-electron chi connectivity index (χ2n) is 7.40. The van der Waals surface area contributed by atoms with E-state index in [1.807, 2.05) is 17.8 Å². The molecule has 1 saturated carbocycles. The van der Waals surface area contributed by atoms with Crippen LogP contribution in [0.1, 0.15) is 42.9 Å². The van der Waals surface area contributed by atoms with Gasteiger partial charge < -0.3 is 4.74 Å². The van der Waals surface area contributed by atoms with Crippen LogP contribution in [0.3, 0.4) is 0 Å². The fourth-order valence-corrected chi connectivity index (χ4v) is 4.94. The van der Waals surface area contributed by atoms with Gasteiger partial charge in [-0.15, -0.1) is 0 Å². The van der Waals surface area contributed by atoms with Gasteiger partial charge in [0.05, 0.1) is 10.5 Å². The van der Waals surface area contributed by atoms with E-state index in [2.05, 4.69) is 25.9 Å². The summed E-state index contributed by atoms with van der Waals surface area (Å²) in [6.45, 7) is 0. The maximum atomic E-state index is 12.7. The summed E-state index contributed by atoms with van der Waals surface area (Å²) in [7, 11) is -2.00. The van der Waals surface area contributed by atoms with Gasteiger partial charge in [-0.1, -0.05) is 6.42 Å². The first-order valence-corrected chi connectivity index (χ1v) is 11.4. The molecule has 0 bridgehead atoms. The van der Waals surface area contributed by atoms with Crippen LogP contribution in [0.15, 0.2) is 53.9 Å². The molecule has 31 heavy (non-hydrogen) atoms. The van der Waals surface area contributed by atoms with Gasteiger partial charge in [0.25, 0.3) is 10.0 Å². The molecule has 0 aliphatic heterocycles. The van der Waals surface area contributed by atoms with Crippen LogP contribution in [0.4, 0.5) is 5.82 Å². The fraction of sp³-hybridized carbons (Fsp3) is 0.333. The van der Waals surface area contributed by atoms with Crippen LogP contribution in [0.5, 0.6) is 5.75 Å². The largest absolute Gasteiger partial charge is 0.488 e. The molecule has 0 saturated heterocycles. The van der Waals surface area contributed by atoms with Crippen molar-refractivity contribution < 1.29 is 13.2 Å². The molecule has 1 aliphatic rings. The van der Waals surface area contributed by atoms with Crippen LogP contribution in [-0.4, -0.2) is 34.3 Å². The van der Waals surface area contributed by atoms with Gasteiger partial charge in [-0.2, -0.15) is 10.4 Å². The number of benzene rings is 1. The predicted octanol–water partition coefficient (Wildman–Crippen LogP) is 2.99. The third-order valence-corrected chi connectivity index (χ3v) is 6.77. The molecular formula is C21H22N6O3S. The minimum atomic E-state index is -3.91. The molecule has 0 spiro atoms.